The van der Waals surface area contributed by atoms with Crippen molar-refractivity contribution in [2.45, 2.75) is 39.3 Å². The van der Waals surface area contributed by atoms with Crippen LogP contribution in [-0.2, 0) is 18.5 Å². The van der Waals surface area contributed by atoms with Gasteiger partial charge in [0.1, 0.15) is 23.2 Å². The lowest BCUT2D eigenvalue weighted by Crippen LogP contribution is -2.21. The third kappa shape index (κ3) is 2.67. The van der Waals surface area contributed by atoms with Crippen molar-refractivity contribution in [1.29, 1.82) is 5.26 Å². The van der Waals surface area contributed by atoms with Crippen molar-refractivity contribution in [3.63, 3.8) is 0 Å². The summed E-state index contributed by atoms with van der Waals surface area (Å²) in [5.74, 6) is -0.337. The number of halogens is 1. The standard InChI is InChI=1S/C18H19FN4O/c1-18(2,3)17-13-8-21-9-15(13)22-23(17)10-11-5-14(19)12(7-20)16(6-11)24-4/h5-6,8H,9-10H2,1-4H3. The van der Waals surface area contributed by atoms with Crippen molar-refractivity contribution in [2.24, 2.45) is 4.99 Å². The predicted molar refractivity (Wildman–Crippen MR) is 89.0 cm³/mol. The highest BCUT2D eigenvalue weighted by molar-refractivity contribution is 5.85. The van der Waals surface area contributed by atoms with Crippen LogP contribution in [0.4, 0.5) is 4.39 Å². The Bertz CT molecular complexity index is 869. The molecule has 0 radical (unpaired) electrons. The number of rotatable bonds is 3. The maximum atomic E-state index is 14.1. The smallest absolute Gasteiger partial charge is 0.145 e. The summed E-state index contributed by atoms with van der Waals surface area (Å²) in [4.78, 5) is 4.28. The van der Waals surface area contributed by atoms with Crippen molar-refractivity contribution in [3.05, 3.63) is 46.0 Å². The third-order valence-electron chi connectivity index (χ3n) is 4.02. The van der Waals surface area contributed by atoms with Crippen LogP contribution in [0.3, 0.4) is 0 Å². The number of ether oxygens (including phenoxy) is 1. The molecule has 0 N–H and O–H groups in total. The van der Waals surface area contributed by atoms with Gasteiger partial charge in [-0.2, -0.15) is 10.4 Å². The minimum Gasteiger partial charge on any atom is -0.495 e. The van der Waals surface area contributed by atoms with Crippen molar-refractivity contribution >= 4 is 6.21 Å². The zero-order chi connectivity index (χ0) is 17.5. The van der Waals surface area contributed by atoms with Crippen molar-refractivity contribution in [2.75, 3.05) is 7.11 Å². The molecule has 0 fully saturated rings. The van der Waals surface area contributed by atoms with Gasteiger partial charge in [-0.05, 0) is 17.7 Å². The number of benzene rings is 1. The fourth-order valence-corrected chi connectivity index (χ4v) is 3.08. The molecule has 6 heteroatoms. The number of hydrogen-bond donors (Lipinski definition) is 0. The predicted octanol–water partition coefficient (Wildman–Crippen LogP) is 3.18. The third-order valence-corrected chi connectivity index (χ3v) is 4.02. The summed E-state index contributed by atoms with van der Waals surface area (Å²) in [5, 5.41) is 13.7. The molecule has 3 rings (SSSR count). The van der Waals surface area contributed by atoms with E-state index in [1.54, 1.807) is 6.07 Å². The fourth-order valence-electron chi connectivity index (χ4n) is 3.08. The highest BCUT2D eigenvalue weighted by atomic mass is 19.1. The summed E-state index contributed by atoms with van der Waals surface area (Å²) in [5.41, 5.74) is 3.58. The van der Waals surface area contributed by atoms with Crippen molar-refractivity contribution in [1.82, 2.24) is 9.78 Å². The molecule has 0 unspecified atom stereocenters. The largest absolute Gasteiger partial charge is 0.495 e. The minimum absolute atomic E-state index is 0.0765. The van der Waals surface area contributed by atoms with Gasteiger partial charge in [-0.15, -0.1) is 0 Å². The van der Waals surface area contributed by atoms with E-state index in [4.69, 9.17) is 10.00 Å². The number of fused-ring (bicyclic) bond motifs is 1. The summed E-state index contributed by atoms with van der Waals surface area (Å²) in [7, 11) is 1.43. The van der Waals surface area contributed by atoms with Crippen LogP contribution < -0.4 is 4.74 Å². The Hall–Kier alpha value is -2.68. The lowest BCUT2D eigenvalue weighted by molar-refractivity contribution is 0.408. The number of methoxy groups -OCH3 is 1. The van der Waals surface area contributed by atoms with Crippen molar-refractivity contribution < 1.29 is 9.13 Å². The molecule has 1 aliphatic heterocycles. The Morgan fingerprint density at radius 1 is 1.38 bits per heavy atom. The minimum atomic E-state index is -0.578. The SMILES string of the molecule is COc1cc(Cn2nc3c(c2C(C)(C)C)C=NC3)cc(F)c1C#N. The zero-order valence-corrected chi connectivity index (χ0v) is 14.2. The second-order valence-corrected chi connectivity index (χ2v) is 6.85. The Morgan fingerprint density at radius 3 is 2.75 bits per heavy atom. The molecule has 1 aromatic heterocycles. The zero-order valence-electron chi connectivity index (χ0n) is 14.2. The van der Waals surface area contributed by atoms with Crippen LogP contribution >= 0.6 is 0 Å². The number of aromatic nitrogens is 2. The summed E-state index contributed by atoms with van der Waals surface area (Å²) < 4.78 is 21.2. The van der Waals surface area contributed by atoms with Crippen LogP contribution in [0.25, 0.3) is 0 Å². The van der Waals surface area contributed by atoms with E-state index in [0.29, 0.717) is 18.7 Å². The van der Waals surface area contributed by atoms with E-state index in [0.717, 1.165) is 17.0 Å². The second kappa shape index (κ2) is 5.75. The van der Waals surface area contributed by atoms with Gasteiger partial charge in [0, 0.05) is 17.2 Å². The van der Waals surface area contributed by atoms with Crippen LogP contribution in [0.2, 0.25) is 0 Å². The summed E-state index contributed by atoms with van der Waals surface area (Å²) in [6.07, 6.45) is 1.86. The van der Waals surface area contributed by atoms with Crippen LogP contribution in [0.1, 0.15) is 48.8 Å². The number of nitrogens with zero attached hydrogens (tertiary/aromatic N) is 4. The highest BCUT2D eigenvalue weighted by Crippen LogP contribution is 2.31. The molecule has 0 saturated carbocycles. The van der Waals surface area contributed by atoms with Gasteiger partial charge >= 0.3 is 0 Å². The van der Waals surface area contributed by atoms with E-state index in [-0.39, 0.29) is 16.7 Å². The molecule has 0 amide bonds. The molecule has 124 valence electrons. The first-order valence-electron chi connectivity index (χ1n) is 7.71. The maximum absolute atomic E-state index is 14.1. The van der Waals surface area contributed by atoms with Crippen LogP contribution in [0.5, 0.6) is 5.75 Å². The summed E-state index contributed by atoms with van der Waals surface area (Å²) in [6.45, 7) is 7.34. The lowest BCUT2D eigenvalue weighted by Gasteiger charge is -2.22. The molecule has 1 aliphatic rings. The molecule has 5 nitrogen and oxygen atoms in total. The van der Waals surface area contributed by atoms with Gasteiger partial charge < -0.3 is 4.74 Å². The van der Waals surface area contributed by atoms with Gasteiger partial charge in [0.25, 0.3) is 0 Å². The molecule has 0 saturated heterocycles. The number of nitriles is 1. The Balaban J connectivity index is 2.06. The summed E-state index contributed by atoms with van der Waals surface area (Å²) >= 11 is 0. The maximum Gasteiger partial charge on any atom is 0.145 e. The van der Waals surface area contributed by atoms with Gasteiger partial charge in [0.05, 0.1) is 31.6 Å². The first-order chi connectivity index (χ1) is 11.3. The Morgan fingerprint density at radius 2 is 2.12 bits per heavy atom. The van der Waals surface area contributed by atoms with Gasteiger partial charge in [-0.25, -0.2) is 4.39 Å². The van der Waals surface area contributed by atoms with E-state index in [9.17, 15) is 4.39 Å². The summed E-state index contributed by atoms with van der Waals surface area (Å²) in [6, 6.07) is 4.89. The first-order valence-corrected chi connectivity index (χ1v) is 7.71. The lowest BCUT2D eigenvalue weighted by atomic mass is 9.89. The quantitative estimate of drug-likeness (QED) is 0.870. The number of hydrogen-bond acceptors (Lipinski definition) is 4. The van der Waals surface area contributed by atoms with Gasteiger partial charge in [-0.3, -0.25) is 9.67 Å². The number of aliphatic imine (C=N–C) groups is 1. The molecule has 0 aliphatic carbocycles. The molecular formula is C18H19FN4O. The average Bonchev–Trinajstić information content (AvgIpc) is 3.05. The molecule has 2 aromatic rings. The van der Waals surface area contributed by atoms with E-state index in [1.807, 2.05) is 17.0 Å². The second-order valence-electron chi connectivity index (χ2n) is 6.85. The Labute approximate surface area is 140 Å². The van der Waals surface area contributed by atoms with Crippen LogP contribution in [0, 0.1) is 17.1 Å². The molecule has 0 bridgehead atoms. The molecule has 24 heavy (non-hydrogen) atoms. The molecule has 0 spiro atoms. The van der Waals surface area contributed by atoms with Gasteiger partial charge in [0.15, 0.2) is 0 Å². The average molecular weight is 326 g/mol. The first kappa shape index (κ1) is 16.2. The normalized spacial score (nSPS) is 13.0. The van der Waals surface area contributed by atoms with E-state index in [1.165, 1.54) is 13.2 Å². The van der Waals surface area contributed by atoms with Crippen LogP contribution in [-0.4, -0.2) is 23.1 Å². The molecule has 2 heterocycles. The van der Waals surface area contributed by atoms with Crippen LogP contribution in [0.15, 0.2) is 17.1 Å². The topological polar surface area (TPSA) is 63.2 Å². The van der Waals surface area contributed by atoms with Gasteiger partial charge in [-0.1, -0.05) is 20.8 Å². The van der Waals surface area contributed by atoms with Gasteiger partial charge in [0.2, 0.25) is 0 Å². The fraction of sp³-hybridized carbons (Fsp3) is 0.389. The highest BCUT2D eigenvalue weighted by Gasteiger charge is 2.28. The van der Waals surface area contributed by atoms with E-state index >= 15 is 0 Å². The monoisotopic (exact) mass is 326 g/mol. The molecule has 1 aromatic carbocycles. The Kier molecular flexibility index (Phi) is 3.88. The van der Waals surface area contributed by atoms with E-state index < -0.39 is 5.82 Å². The molecule has 0 atom stereocenters. The molecular weight excluding hydrogens is 307 g/mol. The van der Waals surface area contributed by atoms with E-state index in [2.05, 4.69) is 30.9 Å². The van der Waals surface area contributed by atoms with Crippen molar-refractivity contribution in [3.8, 4) is 11.8 Å².